The monoisotopic (exact) mass is 381 g/mol. The average molecular weight is 381 g/mol. The Bertz CT molecular complexity index is 873. The van der Waals surface area contributed by atoms with E-state index in [1.165, 1.54) is 11.1 Å². The first kappa shape index (κ1) is 19.6. The maximum absolute atomic E-state index is 12.1. The standard InChI is InChI=1S/C22H23NO5/c1-2-21(25)23-18-9-6-16(7-10-18)20(24)13-28-22(26)14-27-19-11-8-15-4-3-5-17(15)12-19/h6-12H,2-5,13-14H2,1H3,(H,23,25). The molecule has 0 radical (unpaired) electrons. The number of ether oxygens (including phenoxy) is 2. The molecule has 0 spiro atoms. The van der Waals surface area contributed by atoms with E-state index >= 15 is 0 Å². The molecule has 0 fully saturated rings. The molecule has 6 nitrogen and oxygen atoms in total. The molecule has 0 bridgehead atoms. The second-order valence-electron chi connectivity index (χ2n) is 6.64. The minimum atomic E-state index is -0.597. The molecule has 146 valence electrons. The van der Waals surface area contributed by atoms with E-state index in [1.54, 1.807) is 31.2 Å². The van der Waals surface area contributed by atoms with Crippen LogP contribution in [-0.2, 0) is 27.2 Å². The number of ketones is 1. The third kappa shape index (κ3) is 5.19. The van der Waals surface area contributed by atoms with Crippen LogP contribution in [0.4, 0.5) is 5.69 Å². The maximum atomic E-state index is 12.1. The summed E-state index contributed by atoms with van der Waals surface area (Å²) in [4.78, 5) is 35.3. The van der Waals surface area contributed by atoms with Crippen LogP contribution in [0.25, 0.3) is 0 Å². The number of carbonyl (C=O) groups is 3. The highest BCUT2D eigenvalue weighted by molar-refractivity contribution is 5.98. The number of benzene rings is 2. The Kier molecular flexibility index (Phi) is 6.42. The highest BCUT2D eigenvalue weighted by Gasteiger charge is 2.13. The van der Waals surface area contributed by atoms with E-state index < -0.39 is 5.97 Å². The van der Waals surface area contributed by atoms with Crippen LogP contribution in [-0.4, -0.2) is 30.9 Å². The van der Waals surface area contributed by atoms with Gasteiger partial charge in [-0.3, -0.25) is 9.59 Å². The van der Waals surface area contributed by atoms with Gasteiger partial charge in [-0.05, 0) is 66.8 Å². The predicted octanol–water partition coefficient (Wildman–Crippen LogP) is 3.33. The largest absolute Gasteiger partial charge is 0.482 e. The van der Waals surface area contributed by atoms with E-state index in [0.29, 0.717) is 23.4 Å². The molecular weight excluding hydrogens is 358 g/mol. The first-order valence-corrected chi connectivity index (χ1v) is 9.38. The molecule has 0 saturated heterocycles. The van der Waals surface area contributed by atoms with Gasteiger partial charge in [0.15, 0.2) is 19.0 Å². The average Bonchev–Trinajstić information content (AvgIpc) is 3.18. The topological polar surface area (TPSA) is 81.7 Å². The van der Waals surface area contributed by atoms with Crippen molar-refractivity contribution in [3.05, 3.63) is 59.2 Å². The van der Waals surface area contributed by atoms with Crippen LogP contribution >= 0.6 is 0 Å². The SMILES string of the molecule is CCC(=O)Nc1ccc(C(=O)COC(=O)COc2ccc3c(c2)CCC3)cc1. The first-order chi connectivity index (χ1) is 13.5. The summed E-state index contributed by atoms with van der Waals surface area (Å²) in [7, 11) is 0. The molecule has 1 aliphatic rings. The van der Waals surface area contributed by atoms with Crippen molar-refractivity contribution in [1.29, 1.82) is 0 Å². The Hall–Kier alpha value is -3.15. The molecule has 1 aliphatic carbocycles. The minimum absolute atomic E-state index is 0.101. The molecule has 28 heavy (non-hydrogen) atoms. The highest BCUT2D eigenvalue weighted by Crippen LogP contribution is 2.25. The van der Waals surface area contributed by atoms with E-state index in [1.807, 2.05) is 18.2 Å². The number of aryl methyl sites for hydroxylation is 2. The normalized spacial score (nSPS) is 12.2. The third-order valence-corrected chi connectivity index (χ3v) is 4.60. The third-order valence-electron chi connectivity index (χ3n) is 4.60. The molecule has 0 saturated carbocycles. The van der Waals surface area contributed by atoms with E-state index in [4.69, 9.17) is 9.47 Å². The smallest absolute Gasteiger partial charge is 0.344 e. The van der Waals surface area contributed by atoms with Crippen molar-refractivity contribution in [1.82, 2.24) is 0 Å². The molecule has 0 atom stereocenters. The Morgan fingerprint density at radius 1 is 0.964 bits per heavy atom. The van der Waals surface area contributed by atoms with Gasteiger partial charge >= 0.3 is 5.97 Å². The van der Waals surface area contributed by atoms with Crippen LogP contribution in [0.3, 0.4) is 0 Å². The lowest BCUT2D eigenvalue weighted by Gasteiger charge is -2.09. The number of fused-ring (bicyclic) bond motifs is 1. The highest BCUT2D eigenvalue weighted by atomic mass is 16.6. The molecule has 0 heterocycles. The van der Waals surface area contributed by atoms with Gasteiger partial charge in [0.1, 0.15) is 5.75 Å². The summed E-state index contributed by atoms with van der Waals surface area (Å²) in [5.74, 6) is -0.384. The van der Waals surface area contributed by atoms with Crippen molar-refractivity contribution >= 4 is 23.3 Å². The van der Waals surface area contributed by atoms with Crippen LogP contribution < -0.4 is 10.1 Å². The van der Waals surface area contributed by atoms with Gasteiger partial charge in [-0.1, -0.05) is 13.0 Å². The number of carbonyl (C=O) groups excluding carboxylic acids is 3. The van der Waals surface area contributed by atoms with E-state index in [0.717, 1.165) is 19.3 Å². The summed E-state index contributed by atoms with van der Waals surface area (Å²) < 4.78 is 10.5. The van der Waals surface area contributed by atoms with Crippen molar-refractivity contribution < 1.29 is 23.9 Å². The molecule has 1 amide bonds. The number of hydrogen-bond acceptors (Lipinski definition) is 5. The van der Waals surface area contributed by atoms with Gasteiger partial charge in [-0.15, -0.1) is 0 Å². The van der Waals surface area contributed by atoms with Crippen molar-refractivity contribution in [2.24, 2.45) is 0 Å². The van der Waals surface area contributed by atoms with Crippen LogP contribution in [0.5, 0.6) is 5.75 Å². The van der Waals surface area contributed by atoms with Gasteiger partial charge < -0.3 is 14.8 Å². The number of hydrogen-bond donors (Lipinski definition) is 1. The first-order valence-electron chi connectivity index (χ1n) is 9.38. The summed E-state index contributed by atoms with van der Waals surface area (Å²) in [6.07, 6.45) is 3.65. The van der Waals surface area contributed by atoms with Crippen LogP contribution in [0.1, 0.15) is 41.3 Å². The number of Topliss-reactive ketones (excluding diaryl/α,β-unsaturated/α-hetero) is 1. The summed E-state index contributed by atoms with van der Waals surface area (Å²) >= 11 is 0. The van der Waals surface area contributed by atoms with Gasteiger partial charge in [0.05, 0.1) is 0 Å². The second kappa shape index (κ2) is 9.17. The fourth-order valence-electron chi connectivity index (χ4n) is 3.04. The van der Waals surface area contributed by atoms with Crippen molar-refractivity contribution in [3.8, 4) is 5.75 Å². The second-order valence-corrected chi connectivity index (χ2v) is 6.64. The Morgan fingerprint density at radius 3 is 2.46 bits per heavy atom. The van der Waals surface area contributed by atoms with Gasteiger partial charge in [0, 0.05) is 17.7 Å². The molecule has 3 rings (SSSR count). The van der Waals surface area contributed by atoms with E-state index in [9.17, 15) is 14.4 Å². The van der Waals surface area contributed by atoms with Gasteiger partial charge in [0.2, 0.25) is 5.91 Å². The lowest BCUT2D eigenvalue weighted by molar-refractivity contribution is -0.144. The zero-order chi connectivity index (χ0) is 19.9. The van der Waals surface area contributed by atoms with Gasteiger partial charge in [0.25, 0.3) is 0 Å². The molecule has 2 aromatic rings. The van der Waals surface area contributed by atoms with Gasteiger partial charge in [-0.25, -0.2) is 4.79 Å². The number of anilines is 1. The summed E-state index contributed by atoms with van der Waals surface area (Å²) in [6, 6.07) is 12.3. The zero-order valence-corrected chi connectivity index (χ0v) is 15.8. The predicted molar refractivity (Wildman–Crippen MR) is 105 cm³/mol. The molecule has 0 unspecified atom stereocenters. The molecule has 2 aromatic carbocycles. The Balaban J connectivity index is 1.43. The van der Waals surface area contributed by atoms with E-state index in [2.05, 4.69) is 5.32 Å². The molecule has 0 aromatic heterocycles. The summed E-state index contributed by atoms with van der Waals surface area (Å²) in [5, 5.41) is 2.70. The summed E-state index contributed by atoms with van der Waals surface area (Å²) in [5.41, 5.74) is 3.62. The minimum Gasteiger partial charge on any atom is -0.482 e. The maximum Gasteiger partial charge on any atom is 0.344 e. The number of rotatable bonds is 8. The van der Waals surface area contributed by atoms with Crippen molar-refractivity contribution in [3.63, 3.8) is 0 Å². The number of amides is 1. The Morgan fingerprint density at radius 2 is 1.71 bits per heavy atom. The molecule has 1 N–H and O–H groups in total. The zero-order valence-electron chi connectivity index (χ0n) is 15.8. The quantitative estimate of drug-likeness (QED) is 0.560. The lowest BCUT2D eigenvalue weighted by Crippen LogP contribution is -2.19. The van der Waals surface area contributed by atoms with Crippen LogP contribution in [0.2, 0.25) is 0 Å². The number of esters is 1. The summed E-state index contributed by atoms with van der Waals surface area (Å²) in [6.45, 7) is 1.16. The van der Waals surface area contributed by atoms with Crippen LogP contribution in [0.15, 0.2) is 42.5 Å². The molecule has 0 aliphatic heterocycles. The fraction of sp³-hybridized carbons (Fsp3) is 0.318. The lowest BCUT2D eigenvalue weighted by atomic mass is 10.1. The number of nitrogens with one attached hydrogen (secondary N) is 1. The van der Waals surface area contributed by atoms with Crippen molar-refractivity contribution in [2.75, 3.05) is 18.5 Å². The Labute approximate surface area is 163 Å². The van der Waals surface area contributed by atoms with Gasteiger partial charge in [-0.2, -0.15) is 0 Å². The van der Waals surface area contributed by atoms with E-state index in [-0.39, 0.29) is 24.9 Å². The van der Waals surface area contributed by atoms with Crippen molar-refractivity contribution in [2.45, 2.75) is 32.6 Å². The van der Waals surface area contributed by atoms with Crippen LogP contribution in [0, 0.1) is 0 Å². The fourth-order valence-corrected chi connectivity index (χ4v) is 3.04. The molecular formula is C22H23NO5. The molecule has 6 heteroatoms.